The molecule has 1 aromatic heterocycles. The molecule has 0 N–H and O–H groups in total. The van der Waals surface area contributed by atoms with Gasteiger partial charge in [0.05, 0.1) is 11.9 Å². The predicted molar refractivity (Wildman–Crippen MR) is 65.8 cm³/mol. The first-order valence-corrected chi connectivity index (χ1v) is 5.38. The van der Waals surface area contributed by atoms with E-state index in [2.05, 4.69) is 5.10 Å². The first kappa shape index (κ1) is 10.9. The van der Waals surface area contributed by atoms with E-state index in [1.165, 1.54) is 4.68 Å². The highest BCUT2D eigenvalue weighted by Gasteiger charge is 2.06. The summed E-state index contributed by atoms with van der Waals surface area (Å²) in [7, 11) is 0. The summed E-state index contributed by atoms with van der Waals surface area (Å²) in [5.74, 6) is 0. The molecule has 0 amide bonds. The van der Waals surface area contributed by atoms with Crippen molar-refractivity contribution in [2.24, 2.45) is 0 Å². The van der Waals surface area contributed by atoms with Crippen LogP contribution in [0.3, 0.4) is 0 Å². The summed E-state index contributed by atoms with van der Waals surface area (Å²) in [6, 6.07) is 7.22. The van der Waals surface area contributed by atoms with Crippen LogP contribution in [-0.2, 0) is 6.54 Å². The van der Waals surface area contributed by atoms with Crippen molar-refractivity contribution < 1.29 is 0 Å². The number of hydrogen-bond acceptors (Lipinski definition) is 2. The molecule has 0 aliphatic rings. The Morgan fingerprint density at radius 1 is 1.38 bits per heavy atom. The lowest BCUT2D eigenvalue weighted by atomic mass is 10.2. The van der Waals surface area contributed by atoms with Gasteiger partial charge in [-0.05, 0) is 13.0 Å². The van der Waals surface area contributed by atoms with Crippen LogP contribution in [0.4, 0.5) is 0 Å². The van der Waals surface area contributed by atoms with Crippen LogP contribution in [0.2, 0.25) is 5.15 Å². The first-order valence-electron chi connectivity index (χ1n) is 5.00. The molecule has 82 valence electrons. The summed E-state index contributed by atoms with van der Waals surface area (Å²) in [4.78, 5) is 12.0. The fourth-order valence-electron chi connectivity index (χ4n) is 1.52. The van der Waals surface area contributed by atoms with Gasteiger partial charge in [-0.25, -0.2) is 4.68 Å². The number of hydrogen-bond donors (Lipinski definition) is 0. The van der Waals surface area contributed by atoms with Crippen LogP contribution in [0.5, 0.6) is 0 Å². The van der Waals surface area contributed by atoms with Crippen LogP contribution in [0.15, 0.2) is 41.2 Å². The first-order chi connectivity index (χ1) is 7.74. The standard InChI is InChI=1S/C12H11ClN2O/c1-2-3-8-15-12(16)10-7-5-4-6-9(10)11(13)14-15/h2-7H,8H2,1H3. The van der Waals surface area contributed by atoms with E-state index in [0.717, 1.165) is 0 Å². The Balaban J connectivity index is 2.70. The maximum absolute atomic E-state index is 12.0. The van der Waals surface area contributed by atoms with Gasteiger partial charge in [0, 0.05) is 5.39 Å². The number of benzene rings is 1. The molecule has 0 spiro atoms. The molecule has 0 saturated carbocycles. The Morgan fingerprint density at radius 3 is 2.75 bits per heavy atom. The normalized spacial score (nSPS) is 11.4. The zero-order valence-electron chi connectivity index (χ0n) is 8.85. The second kappa shape index (κ2) is 4.49. The Morgan fingerprint density at radius 2 is 2.06 bits per heavy atom. The molecule has 1 heterocycles. The van der Waals surface area contributed by atoms with E-state index in [4.69, 9.17) is 11.6 Å². The van der Waals surface area contributed by atoms with Crippen molar-refractivity contribution in [1.82, 2.24) is 9.78 Å². The third-order valence-electron chi connectivity index (χ3n) is 2.34. The molecule has 16 heavy (non-hydrogen) atoms. The third kappa shape index (κ3) is 1.86. The van der Waals surface area contributed by atoms with Gasteiger partial charge in [0.1, 0.15) is 0 Å². The van der Waals surface area contributed by atoms with Gasteiger partial charge in [0.2, 0.25) is 0 Å². The maximum atomic E-state index is 12.0. The number of nitrogens with zero attached hydrogens (tertiary/aromatic N) is 2. The molecular formula is C12H11ClN2O. The van der Waals surface area contributed by atoms with Crippen LogP contribution in [-0.4, -0.2) is 9.78 Å². The minimum absolute atomic E-state index is 0.113. The van der Waals surface area contributed by atoms with E-state index in [9.17, 15) is 4.79 Å². The van der Waals surface area contributed by atoms with E-state index in [1.54, 1.807) is 12.1 Å². The molecule has 4 heteroatoms. The Hall–Kier alpha value is -1.61. The van der Waals surface area contributed by atoms with Gasteiger partial charge in [-0.3, -0.25) is 4.79 Å². The average molecular weight is 235 g/mol. The highest BCUT2D eigenvalue weighted by molar-refractivity contribution is 6.34. The number of aromatic nitrogens is 2. The van der Waals surface area contributed by atoms with Crippen molar-refractivity contribution in [2.45, 2.75) is 13.5 Å². The van der Waals surface area contributed by atoms with Gasteiger partial charge in [-0.15, -0.1) is 0 Å². The predicted octanol–water partition coefficient (Wildman–Crippen LogP) is 2.63. The van der Waals surface area contributed by atoms with Gasteiger partial charge in [0.15, 0.2) is 5.15 Å². The van der Waals surface area contributed by atoms with E-state index >= 15 is 0 Å². The van der Waals surface area contributed by atoms with Crippen LogP contribution in [0.1, 0.15) is 6.92 Å². The van der Waals surface area contributed by atoms with Gasteiger partial charge in [0.25, 0.3) is 5.56 Å². The number of allylic oxidation sites excluding steroid dienone is 2. The minimum atomic E-state index is -0.113. The SMILES string of the molecule is CC=CCn1nc(Cl)c2ccccc2c1=O. The summed E-state index contributed by atoms with van der Waals surface area (Å²) < 4.78 is 1.37. The van der Waals surface area contributed by atoms with E-state index in [1.807, 2.05) is 31.2 Å². The lowest BCUT2D eigenvalue weighted by molar-refractivity contribution is 0.660. The summed E-state index contributed by atoms with van der Waals surface area (Å²) >= 11 is 6.02. The quantitative estimate of drug-likeness (QED) is 0.749. The topological polar surface area (TPSA) is 34.9 Å². The molecule has 0 aliphatic carbocycles. The van der Waals surface area contributed by atoms with E-state index < -0.39 is 0 Å². The van der Waals surface area contributed by atoms with Crippen molar-refractivity contribution in [3.05, 3.63) is 51.9 Å². The molecule has 0 radical (unpaired) electrons. The summed E-state index contributed by atoms with van der Waals surface area (Å²) in [5.41, 5.74) is -0.113. The molecule has 0 unspecified atom stereocenters. The minimum Gasteiger partial charge on any atom is -0.267 e. The molecule has 0 saturated heterocycles. The molecule has 2 aromatic rings. The summed E-state index contributed by atoms with van der Waals surface area (Å²) in [6.07, 6.45) is 3.73. The largest absolute Gasteiger partial charge is 0.275 e. The van der Waals surface area contributed by atoms with Gasteiger partial charge < -0.3 is 0 Å². The van der Waals surface area contributed by atoms with Gasteiger partial charge in [-0.2, -0.15) is 5.10 Å². The number of halogens is 1. The lowest BCUT2D eigenvalue weighted by Gasteiger charge is -2.04. The van der Waals surface area contributed by atoms with Crippen LogP contribution in [0.25, 0.3) is 10.8 Å². The van der Waals surface area contributed by atoms with Crippen molar-refractivity contribution in [3.8, 4) is 0 Å². The van der Waals surface area contributed by atoms with Crippen LogP contribution >= 0.6 is 11.6 Å². The van der Waals surface area contributed by atoms with Crippen molar-refractivity contribution in [1.29, 1.82) is 0 Å². The maximum Gasteiger partial charge on any atom is 0.275 e. The lowest BCUT2D eigenvalue weighted by Crippen LogP contribution is -2.22. The number of rotatable bonds is 2. The molecule has 1 aromatic carbocycles. The highest BCUT2D eigenvalue weighted by Crippen LogP contribution is 2.17. The van der Waals surface area contributed by atoms with Gasteiger partial charge in [-0.1, -0.05) is 42.0 Å². The zero-order valence-corrected chi connectivity index (χ0v) is 9.61. The van der Waals surface area contributed by atoms with Crippen LogP contribution < -0.4 is 5.56 Å². The monoisotopic (exact) mass is 234 g/mol. The van der Waals surface area contributed by atoms with Gasteiger partial charge >= 0.3 is 0 Å². The molecule has 0 atom stereocenters. The summed E-state index contributed by atoms with van der Waals surface area (Å²) in [5, 5.41) is 5.72. The Labute approximate surface area is 98.0 Å². The second-order valence-corrected chi connectivity index (χ2v) is 3.75. The molecule has 2 rings (SSSR count). The second-order valence-electron chi connectivity index (χ2n) is 3.39. The summed E-state index contributed by atoms with van der Waals surface area (Å²) in [6.45, 7) is 2.34. The molecule has 0 bridgehead atoms. The molecule has 3 nitrogen and oxygen atoms in total. The van der Waals surface area contributed by atoms with Crippen molar-refractivity contribution in [3.63, 3.8) is 0 Å². The third-order valence-corrected chi connectivity index (χ3v) is 2.62. The fraction of sp³-hybridized carbons (Fsp3) is 0.167. The molecular weight excluding hydrogens is 224 g/mol. The molecule has 0 fully saturated rings. The highest BCUT2D eigenvalue weighted by atomic mass is 35.5. The van der Waals surface area contributed by atoms with Crippen LogP contribution in [0, 0.1) is 0 Å². The number of fused-ring (bicyclic) bond motifs is 1. The Bertz CT molecular complexity index is 601. The smallest absolute Gasteiger partial charge is 0.267 e. The fourth-order valence-corrected chi connectivity index (χ4v) is 1.78. The average Bonchev–Trinajstić information content (AvgIpc) is 2.32. The van der Waals surface area contributed by atoms with E-state index in [-0.39, 0.29) is 5.56 Å². The molecule has 0 aliphatic heterocycles. The Kier molecular flexibility index (Phi) is 3.06. The van der Waals surface area contributed by atoms with Crippen molar-refractivity contribution in [2.75, 3.05) is 0 Å². The van der Waals surface area contributed by atoms with Crippen molar-refractivity contribution >= 4 is 22.4 Å². The van der Waals surface area contributed by atoms with E-state index in [0.29, 0.717) is 22.5 Å². The zero-order chi connectivity index (χ0) is 11.5.